The van der Waals surface area contributed by atoms with Crippen molar-refractivity contribution < 1.29 is 5.11 Å². The second kappa shape index (κ2) is 9.75. The highest BCUT2D eigenvalue weighted by Crippen LogP contribution is 2.13. The molecule has 2 rings (SSSR count). The Labute approximate surface area is 158 Å². The molecule has 0 radical (unpaired) electrons. The van der Waals surface area contributed by atoms with Crippen molar-refractivity contribution in [3.63, 3.8) is 0 Å². The first kappa shape index (κ1) is 20.5. The maximum atomic E-state index is 12.6. The molecule has 0 atom stereocenters. The number of aryl methyl sites for hydroxylation is 1. The van der Waals surface area contributed by atoms with Gasteiger partial charge in [-0.1, -0.05) is 50.1 Å². The van der Waals surface area contributed by atoms with Crippen LogP contribution < -0.4 is 17.0 Å². The van der Waals surface area contributed by atoms with Crippen LogP contribution in [-0.2, 0) is 19.5 Å². The first-order chi connectivity index (χ1) is 13.0. The van der Waals surface area contributed by atoms with Crippen molar-refractivity contribution in [1.29, 1.82) is 5.41 Å². The van der Waals surface area contributed by atoms with Gasteiger partial charge in [-0.15, -0.1) is 0 Å². The van der Waals surface area contributed by atoms with Crippen LogP contribution in [0, 0.1) is 5.41 Å². The standard InChI is InChI=1S/C20H28N4O3/c1-2-3-13-23-18(25)16(17(21)22)19(26)24(20(23)27)14-9-5-8-12-15-10-6-4-7-11-15/h4,6-7,10-11,26H,2-3,5,8-9,12-14H2,1H3,(H3,21,22). The summed E-state index contributed by atoms with van der Waals surface area (Å²) in [7, 11) is 0. The van der Waals surface area contributed by atoms with E-state index >= 15 is 0 Å². The Hall–Kier alpha value is -2.83. The van der Waals surface area contributed by atoms with Crippen LogP contribution in [0.2, 0.25) is 0 Å². The lowest BCUT2D eigenvalue weighted by molar-refractivity contribution is 0.378. The third-order valence-corrected chi connectivity index (χ3v) is 4.59. The molecule has 1 aromatic heterocycles. The zero-order valence-electron chi connectivity index (χ0n) is 15.8. The Balaban J connectivity index is 2.12. The average Bonchev–Trinajstić information content (AvgIpc) is 2.64. The van der Waals surface area contributed by atoms with E-state index in [0.717, 1.165) is 34.8 Å². The summed E-state index contributed by atoms with van der Waals surface area (Å²) in [5.74, 6) is -1.03. The highest BCUT2D eigenvalue weighted by Gasteiger charge is 2.20. The first-order valence-corrected chi connectivity index (χ1v) is 9.42. The number of rotatable bonds is 10. The van der Waals surface area contributed by atoms with Crippen molar-refractivity contribution in [1.82, 2.24) is 9.13 Å². The molecule has 4 N–H and O–H groups in total. The van der Waals surface area contributed by atoms with Gasteiger partial charge in [0.25, 0.3) is 5.56 Å². The topological polar surface area (TPSA) is 114 Å². The largest absolute Gasteiger partial charge is 0.494 e. The Kier molecular flexibility index (Phi) is 7.40. The number of nitrogens with two attached hydrogens (primary N) is 1. The van der Waals surface area contributed by atoms with E-state index in [1.54, 1.807) is 0 Å². The summed E-state index contributed by atoms with van der Waals surface area (Å²) >= 11 is 0. The number of hydrogen-bond donors (Lipinski definition) is 3. The lowest BCUT2D eigenvalue weighted by Crippen LogP contribution is -2.43. The van der Waals surface area contributed by atoms with Gasteiger partial charge >= 0.3 is 5.69 Å². The molecule has 1 aromatic carbocycles. The summed E-state index contributed by atoms with van der Waals surface area (Å²) in [5, 5.41) is 17.9. The second-order valence-corrected chi connectivity index (χ2v) is 6.65. The SMILES string of the molecule is CCCCn1c(=O)c(C(=N)N)c(O)n(CCCCCc2ccccc2)c1=O. The van der Waals surface area contributed by atoms with Crippen LogP contribution in [0.25, 0.3) is 0 Å². The Morgan fingerprint density at radius 2 is 1.70 bits per heavy atom. The van der Waals surface area contributed by atoms with Crippen molar-refractivity contribution in [2.24, 2.45) is 5.73 Å². The van der Waals surface area contributed by atoms with Crippen LogP contribution in [0.1, 0.15) is 50.2 Å². The molecule has 146 valence electrons. The molecule has 7 heteroatoms. The van der Waals surface area contributed by atoms with Crippen LogP contribution in [0.4, 0.5) is 0 Å². The zero-order chi connectivity index (χ0) is 19.8. The third kappa shape index (κ3) is 5.09. The molecular weight excluding hydrogens is 344 g/mol. The number of amidine groups is 1. The lowest BCUT2D eigenvalue weighted by atomic mass is 10.1. The fourth-order valence-corrected chi connectivity index (χ4v) is 3.06. The van der Waals surface area contributed by atoms with E-state index in [0.29, 0.717) is 12.8 Å². The highest BCUT2D eigenvalue weighted by molar-refractivity contribution is 5.96. The van der Waals surface area contributed by atoms with Gasteiger partial charge in [-0.3, -0.25) is 19.3 Å². The van der Waals surface area contributed by atoms with E-state index in [-0.39, 0.29) is 18.7 Å². The van der Waals surface area contributed by atoms with Gasteiger partial charge in [-0.05, 0) is 31.2 Å². The van der Waals surface area contributed by atoms with E-state index in [1.807, 2.05) is 25.1 Å². The minimum absolute atomic E-state index is 0.253. The fraction of sp³-hybridized carbons (Fsp3) is 0.450. The predicted octanol–water partition coefficient (Wildman–Crippen LogP) is 2.21. The predicted molar refractivity (Wildman–Crippen MR) is 107 cm³/mol. The van der Waals surface area contributed by atoms with E-state index in [9.17, 15) is 14.7 Å². The molecule has 0 aliphatic heterocycles. The summed E-state index contributed by atoms with van der Waals surface area (Å²) in [4.78, 5) is 25.0. The second-order valence-electron chi connectivity index (χ2n) is 6.65. The number of hydrogen-bond acceptors (Lipinski definition) is 4. The molecule has 0 saturated heterocycles. The quantitative estimate of drug-likeness (QED) is 0.337. The molecule has 2 aromatic rings. The summed E-state index contributed by atoms with van der Waals surface area (Å²) in [5.41, 5.74) is 5.20. The maximum Gasteiger partial charge on any atom is 0.333 e. The number of nitrogen functional groups attached to an aromatic ring is 1. The number of nitrogens with one attached hydrogen (secondary N) is 1. The van der Waals surface area contributed by atoms with Gasteiger partial charge in [0.1, 0.15) is 11.4 Å². The molecule has 0 bridgehead atoms. The summed E-state index contributed by atoms with van der Waals surface area (Å²) < 4.78 is 2.24. The minimum Gasteiger partial charge on any atom is -0.494 e. The molecule has 0 aliphatic rings. The molecular formula is C20H28N4O3. The molecule has 0 aliphatic carbocycles. The number of nitrogens with zero attached hydrogens (tertiary/aromatic N) is 2. The monoisotopic (exact) mass is 372 g/mol. The summed E-state index contributed by atoms with van der Waals surface area (Å²) in [6.45, 7) is 2.50. The average molecular weight is 372 g/mol. The molecule has 0 amide bonds. The molecule has 1 heterocycles. The van der Waals surface area contributed by atoms with E-state index in [4.69, 9.17) is 11.1 Å². The molecule has 27 heavy (non-hydrogen) atoms. The van der Waals surface area contributed by atoms with E-state index in [2.05, 4.69) is 12.1 Å². The van der Waals surface area contributed by atoms with Gasteiger partial charge < -0.3 is 10.8 Å². The van der Waals surface area contributed by atoms with Crippen molar-refractivity contribution >= 4 is 5.84 Å². The maximum absolute atomic E-state index is 12.6. The van der Waals surface area contributed by atoms with Gasteiger partial charge in [0.05, 0.1) is 0 Å². The van der Waals surface area contributed by atoms with Gasteiger partial charge in [0, 0.05) is 13.1 Å². The highest BCUT2D eigenvalue weighted by atomic mass is 16.3. The Morgan fingerprint density at radius 1 is 1.04 bits per heavy atom. The van der Waals surface area contributed by atoms with Gasteiger partial charge in [-0.2, -0.15) is 0 Å². The van der Waals surface area contributed by atoms with Gasteiger partial charge in [0.2, 0.25) is 5.88 Å². The molecule has 0 spiro atoms. The summed E-state index contributed by atoms with van der Waals surface area (Å²) in [6, 6.07) is 10.2. The zero-order valence-corrected chi connectivity index (χ0v) is 15.8. The molecule has 0 unspecified atom stereocenters. The third-order valence-electron chi connectivity index (χ3n) is 4.59. The van der Waals surface area contributed by atoms with E-state index in [1.165, 1.54) is 5.56 Å². The normalized spacial score (nSPS) is 10.9. The summed E-state index contributed by atoms with van der Waals surface area (Å²) in [6.07, 6.45) is 4.97. The number of unbranched alkanes of at least 4 members (excludes halogenated alkanes) is 3. The Morgan fingerprint density at radius 3 is 2.33 bits per heavy atom. The van der Waals surface area contributed by atoms with Gasteiger partial charge in [0.15, 0.2) is 0 Å². The molecule has 0 fully saturated rings. The first-order valence-electron chi connectivity index (χ1n) is 9.42. The van der Waals surface area contributed by atoms with E-state index < -0.39 is 23.0 Å². The smallest absolute Gasteiger partial charge is 0.333 e. The van der Waals surface area contributed by atoms with Crippen molar-refractivity contribution in [3.8, 4) is 5.88 Å². The van der Waals surface area contributed by atoms with Crippen LogP contribution in [-0.4, -0.2) is 20.1 Å². The van der Waals surface area contributed by atoms with Crippen molar-refractivity contribution in [2.75, 3.05) is 0 Å². The minimum atomic E-state index is -0.696. The van der Waals surface area contributed by atoms with Crippen molar-refractivity contribution in [3.05, 3.63) is 62.3 Å². The Bertz CT molecular complexity index is 885. The number of aromatic nitrogens is 2. The lowest BCUT2D eigenvalue weighted by Gasteiger charge is -2.15. The van der Waals surface area contributed by atoms with Crippen LogP contribution in [0.3, 0.4) is 0 Å². The van der Waals surface area contributed by atoms with Crippen LogP contribution >= 0.6 is 0 Å². The number of benzene rings is 1. The fourth-order valence-electron chi connectivity index (χ4n) is 3.06. The van der Waals surface area contributed by atoms with Crippen LogP contribution in [0.15, 0.2) is 39.9 Å². The molecule has 0 saturated carbocycles. The molecule has 7 nitrogen and oxygen atoms in total. The van der Waals surface area contributed by atoms with Crippen molar-refractivity contribution in [2.45, 2.75) is 58.5 Å². The van der Waals surface area contributed by atoms with Gasteiger partial charge in [-0.25, -0.2) is 4.79 Å². The number of aromatic hydroxyl groups is 1. The van der Waals surface area contributed by atoms with Crippen LogP contribution in [0.5, 0.6) is 5.88 Å².